The topological polar surface area (TPSA) is 46.6 Å². The van der Waals surface area contributed by atoms with E-state index in [4.69, 9.17) is 4.74 Å². The lowest BCUT2D eigenvalue weighted by atomic mass is 10.1. The molecule has 34 heavy (non-hydrogen) atoms. The SMILES string of the molecule is CCCCCCCCC#Cc1ccc(CN(C(C)=O)c2ccc(C=CC(=O)OCC)cc2)cc1. The number of hydrogen-bond acceptors (Lipinski definition) is 3. The third-order valence-corrected chi connectivity index (χ3v) is 5.47. The molecule has 0 bridgehead atoms. The van der Waals surface area contributed by atoms with Crippen molar-refractivity contribution in [3.63, 3.8) is 0 Å². The Bertz CT molecular complexity index is 978. The standard InChI is InChI=1S/C30H37NO3/c1-4-6-7-8-9-10-11-12-13-26-14-16-28(17-15-26)24-31(25(3)32)29-21-18-27(19-22-29)20-23-30(33)34-5-2/h14-23H,4-11,24H2,1-3H3. The van der Waals surface area contributed by atoms with Gasteiger partial charge in [-0.25, -0.2) is 4.79 Å². The average Bonchev–Trinajstić information content (AvgIpc) is 2.84. The number of carbonyl (C=O) groups excluding carboxylic acids is 2. The van der Waals surface area contributed by atoms with Crippen molar-refractivity contribution < 1.29 is 14.3 Å². The fraction of sp³-hybridized carbons (Fsp3) is 0.400. The van der Waals surface area contributed by atoms with Crippen LogP contribution in [0.4, 0.5) is 5.69 Å². The lowest BCUT2D eigenvalue weighted by Gasteiger charge is -2.21. The summed E-state index contributed by atoms with van der Waals surface area (Å²) in [7, 11) is 0. The Morgan fingerprint density at radius 3 is 2.24 bits per heavy atom. The van der Waals surface area contributed by atoms with Crippen molar-refractivity contribution in [2.45, 2.75) is 72.3 Å². The van der Waals surface area contributed by atoms with Crippen LogP contribution in [-0.4, -0.2) is 18.5 Å². The first-order valence-corrected chi connectivity index (χ1v) is 12.3. The molecule has 0 unspecified atom stereocenters. The number of amides is 1. The molecular formula is C30H37NO3. The molecule has 2 rings (SSSR count). The minimum atomic E-state index is -0.368. The maximum absolute atomic E-state index is 12.3. The highest BCUT2D eigenvalue weighted by atomic mass is 16.5. The second-order valence-electron chi connectivity index (χ2n) is 8.30. The van der Waals surface area contributed by atoms with Gasteiger partial charge in [-0.05, 0) is 54.8 Å². The molecule has 180 valence electrons. The van der Waals surface area contributed by atoms with Gasteiger partial charge in [-0.2, -0.15) is 0 Å². The number of esters is 1. The number of anilines is 1. The fourth-order valence-electron chi connectivity index (χ4n) is 3.54. The molecule has 2 aromatic rings. The zero-order valence-corrected chi connectivity index (χ0v) is 20.8. The smallest absolute Gasteiger partial charge is 0.330 e. The van der Waals surface area contributed by atoms with Crippen LogP contribution in [0.25, 0.3) is 6.08 Å². The van der Waals surface area contributed by atoms with Gasteiger partial charge in [-0.1, -0.05) is 75.1 Å². The van der Waals surface area contributed by atoms with Gasteiger partial charge < -0.3 is 9.64 Å². The van der Waals surface area contributed by atoms with E-state index in [1.165, 1.54) is 44.6 Å². The van der Waals surface area contributed by atoms with E-state index in [2.05, 4.69) is 18.8 Å². The van der Waals surface area contributed by atoms with Crippen molar-refractivity contribution in [1.82, 2.24) is 0 Å². The first kappa shape index (κ1) is 26.9. The van der Waals surface area contributed by atoms with Crippen LogP contribution in [-0.2, 0) is 20.9 Å². The van der Waals surface area contributed by atoms with E-state index in [9.17, 15) is 9.59 Å². The summed E-state index contributed by atoms with van der Waals surface area (Å²) in [5.41, 5.74) is 3.72. The van der Waals surface area contributed by atoms with Crippen LogP contribution in [0.2, 0.25) is 0 Å². The molecular weight excluding hydrogens is 422 g/mol. The van der Waals surface area contributed by atoms with E-state index < -0.39 is 0 Å². The maximum Gasteiger partial charge on any atom is 0.330 e. The molecule has 0 saturated heterocycles. The highest BCUT2D eigenvalue weighted by Crippen LogP contribution is 2.19. The molecule has 4 heteroatoms. The zero-order valence-electron chi connectivity index (χ0n) is 20.8. The molecule has 0 aliphatic carbocycles. The lowest BCUT2D eigenvalue weighted by Crippen LogP contribution is -2.27. The summed E-state index contributed by atoms with van der Waals surface area (Å²) in [6.07, 6.45) is 11.7. The Balaban J connectivity index is 1.92. The Labute approximate surface area is 205 Å². The van der Waals surface area contributed by atoms with Gasteiger partial charge in [-0.15, -0.1) is 0 Å². The van der Waals surface area contributed by atoms with Gasteiger partial charge in [0.1, 0.15) is 0 Å². The monoisotopic (exact) mass is 459 g/mol. The Hall–Kier alpha value is -3.32. The first-order chi connectivity index (χ1) is 16.5. The van der Waals surface area contributed by atoms with Crippen molar-refractivity contribution >= 4 is 23.6 Å². The van der Waals surface area contributed by atoms with Crippen LogP contribution in [0.1, 0.15) is 82.4 Å². The van der Waals surface area contributed by atoms with E-state index in [1.807, 2.05) is 48.5 Å². The average molecular weight is 460 g/mol. The highest BCUT2D eigenvalue weighted by molar-refractivity contribution is 5.91. The van der Waals surface area contributed by atoms with Crippen LogP contribution in [0, 0.1) is 11.8 Å². The van der Waals surface area contributed by atoms with Crippen LogP contribution in [0.3, 0.4) is 0 Å². The van der Waals surface area contributed by atoms with Gasteiger partial charge in [0.15, 0.2) is 0 Å². The van der Waals surface area contributed by atoms with E-state index in [1.54, 1.807) is 24.8 Å². The third kappa shape index (κ3) is 10.1. The number of benzene rings is 2. The van der Waals surface area contributed by atoms with Gasteiger partial charge in [-0.3, -0.25) is 4.79 Å². The molecule has 0 spiro atoms. The van der Waals surface area contributed by atoms with E-state index in [0.717, 1.165) is 28.8 Å². The van der Waals surface area contributed by atoms with Gasteiger partial charge in [0, 0.05) is 30.7 Å². The molecule has 1 amide bonds. The normalized spacial score (nSPS) is 10.6. The van der Waals surface area contributed by atoms with Crippen LogP contribution in [0.15, 0.2) is 54.6 Å². The quantitative estimate of drug-likeness (QED) is 0.150. The molecule has 0 aliphatic rings. The van der Waals surface area contributed by atoms with Gasteiger partial charge in [0.05, 0.1) is 13.2 Å². The van der Waals surface area contributed by atoms with Gasteiger partial charge in [0.25, 0.3) is 0 Å². The molecule has 0 aromatic heterocycles. The predicted octanol–water partition coefficient (Wildman–Crippen LogP) is 6.92. The van der Waals surface area contributed by atoms with Crippen molar-refractivity contribution in [1.29, 1.82) is 0 Å². The second-order valence-corrected chi connectivity index (χ2v) is 8.30. The summed E-state index contributed by atoms with van der Waals surface area (Å²) in [5.74, 6) is 6.13. The first-order valence-electron chi connectivity index (χ1n) is 12.3. The van der Waals surface area contributed by atoms with E-state index >= 15 is 0 Å². The van der Waals surface area contributed by atoms with Crippen LogP contribution < -0.4 is 4.90 Å². The van der Waals surface area contributed by atoms with Crippen molar-refractivity contribution in [2.24, 2.45) is 0 Å². The summed E-state index contributed by atoms with van der Waals surface area (Å²) in [6.45, 7) is 6.41. The predicted molar refractivity (Wildman–Crippen MR) is 140 cm³/mol. The zero-order chi connectivity index (χ0) is 24.6. The third-order valence-electron chi connectivity index (χ3n) is 5.47. The number of hydrogen-bond donors (Lipinski definition) is 0. The molecule has 0 N–H and O–H groups in total. The molecule has 0 aliphatic heterocycles. The molecule has 4 nitrogen and oxygen atoms in total. The maximum atomic E-state index is 12.3. The van der Waals surface area contributed by atoms with E-state index in [0.29, 0.717) is 13.2 Å². The second kappa shape index (κ2) is 15.5. The highest BCUT2D eigenvalue weighted by Gasteiger charge is 2.12. The fourth-order valence-corrected chi connectivity index (χ4v) is 3.54. The number of unbranched alkanes of at least 4 members (excludes halogenated alkanes) is 6. The summed E-state index contributed by atoms with van der Waals surface area (Å²) < 4.78 is 4.89. The molecule has 0 radical (unpaired) electrons. The molecule has 0 saturated carbocycles. The van der Waals surface area contributed by atoms with Crippen LogP contribution in [0.5, 0.6) is 0 Å². The van der Waals surface area contributed by atoms with Crippen molar-refractivity contribution in [3.05, 3.63) is 71.3 Å². The van der Waals surface area contributed by atoms with Gasteiger partial charge in [0.2, 0.25) is 5.91 Å². The van der Waals surface area contributed by atoms with E-state index in [-0.39, 0.29) is 11.9 Å². The minimum Gasteiger partial charge on any atom is -0.463 e. The lowest BCUT2D eigenvalue weighted by molar-refractivity contribution is -0.137. The number of rotatable bonds is 12. The number of ether oxygens (including phenoxy) is 1. The molecule has 0 heterocycles. The Morgan fingerprint density at radius 2 is 1.59 bits per heavy atom. The minimum absolute atomic E-state index is 0.0300. The Kier molecular flexibility index (Phi) is 12.3. The molecule has 2 aromatic carbocycles. The van der Waals surface area contributed by atoms with Crippen molar-refractivity contribution in [2.75, 3.05) is 11.5 Å². The molecule has 0 fully saturated rings. The largest absolute Gasteiger partial charge is 0.463 e. The number of carbonyl (C=O) groups is 2. The summed E-state index contributed by atoms with van der Waals surface area (Å²) in [6, 6.07) is 15.6. The van der Waals surface area contributed by atoms with Gasteiger partial charge >= 0.3 is 5.97 Å². The Morgan fingerprint density at radius 1 is 0.912 bits per heavy atom. The van der Waals surface area contributed by atoms with Crippen LogP contribution >= 0.6 is 0 Å². The number of nitrogens with zero attached hydrogens (tertiary/aromatic N) is 1. The summed E-state index contributed by atoms with van der Waals surface area (Å²) >= 11 is 0. The molecule has 0 atom stereocenters. The van der Waals surface area contributed by atoms with Crippen molar-refractivity contribution in [3.8, 4) is 11.8 Å². The summed E-state index contributed by atoms with van der Waals surface area (Å²) in [5, 5.41) is 0. The summed E-state index contributed by atoms with van der Waals surface area (Å²) in [4.78, 5) is 25.5.